The first kappa shape index (κ1) is 15.7. The molecule has 1 saturated carbocycles. The van der Waals surface area contributed by atoms with E-state index in [4.69, 9.17) is 0 Å². The van der Waals surface area contributed by atoms with E-state index >= 15 is 0 Å². The van der Waals surface area contributed by atoms with Gasteiger partial charge in [0.25, 0.3) is 0 Å². The average molecular weight is 338 g/mol. The molecule has 1 N–H and O–H groups in total. The zero-order valence-electron chi connectivity index (χ0n) is 14.0. The number of halogens is 1. The van der Waals surface area contributed by atoms with Crippen molar-refractivity contribution in [1.82, 2.24) is 14.5 Å². The zero-order valence-corrected chi connectivity index (χ0v) is 14.0. The molecular formula is C19H19FN4O. The Kier molecular flexibility index (Phi) is 3.95. The number of benzene rings is 1. The van der Waals surface area contributed by atoms with E-state index in [1.54, 1.807) is 12.1 Å². The summed E-state index contributed by atoms with van der Waals surface area (Å²) in [6.45, 7) is 1.95. The number of hydrogen-bond acceptors (Lipinski definition) is 3. The Morgan fingerprint density at radius 2 is 1.96 bits per heavy atom. The third-order valence-corrected chi connectivity index (χ3v) is 4.65. The number of nitrogens with one attached hydrogen (secondary N) is 1. The quantitative estimate of drug-likeness (QED) is 0.787. The van der Waals surface area contributed by atoms with E-state index in [1.807, 2.05) is 23.6 Å². The lowest BCUT2D eigenvalue weighted by molar-refractivity contribution is -0.115. The lowest BCUT2D eigenvalue weighted by Gasteiger charge is -2.28. The SMILES string of the molecule is Cc1ccc2nc(NC(=O)Cc3ccc(F)cc3)n(C3CCC3)c2n1. The highest BCUT2D eigenvalue weighted by Gasteiger charge is 2.26. The topological polar surface area (TPSA) is 59.8 Å². The van der Waals surface area contributed by atoms with Gasteiger partial charge in [-0.25, -0.2) is 14.4 Å². The highest BCUT2D eigenvalue weighted by atomic mass is 19.1. The Morgan fingerprint density at radius 1 is 1.20 bits per heavy atom. The van der Waals surface area contributed by atoms with Gasteiger partial charge in [0, 0.05) is 11.7 Å². The summed E-state index contributed by atoms with van der Waals surface area (Å²) < 4.78 is 15.0. The number of hydrogen-bond donors (Lipinski definition) is 1. The minimum Gasteiger partial charge on any atom is -0.296 e. The molecule has 0 unspecified atom stereocenters. The second kappa shape index (κ2) is 6.27. The molecule has 5 nitrogen and oxygen atoms in total. The fourth-order valence-corrected chi connectivity index (χ4v) is 3.10. The molecule has 0 bridgehead atoms. The molecule has 1 aromatic carbocycles. The molecule has 2 aromatic heterocycles. The monoisotopic (exact) mass is 338 g/mol. The van der Waals surface area contributed by atoms with Gasteiger partial charge in [-0.1, -0.05) is 12.1 Å². The number of fused-ring (bicyclic) bond motifs is 1. The fourth-order valence-electron chi connectivity index (χ4n) is 3.10. The number of aryl methyl sites for hydroxylation is 1. The summed E-state index contributed by atoms with van der Waals surface area (Å²) in [6.07, 6.45) is 3.50. The van der Waals surface area contributed by atoms with Crippen LogP contribution >= 0.6 is 0 Å². The summed E-state index contributed by atoms with van der Waals surface area (Å²) in [5, 5.41) is 2.91. The molecule has 0 spiro atoms. The summed E-state index contributed by atoms with van der Waals surface area (Å²) in [5.41, 5.74) is 3.30. The first-order valence-electron chi connectivity index (χ1n) is 8.50. The van der Waals surface area contributed by atoms with Gasteiger partial charge in [0.2, 0.25) is 11.9 Å². The van der Waals surface area contributed by atoms with Crippen molar-refractivity contribution in [3.05, 3.63) is 53.5 Å². The normalized spacial score (nSPS) is 14.5. The number of nitrogens with zero attached hydrogens (tertiary/aromatic N) is 3. The van der Waals surface area contributed by atoms with Crippen LogP contribution in [0.2, 0.25) is 0 Å². The van der Waals surface area contributed by atoms with Crippen LogP contribution in [0, 0.1) is 12.7 Å². The number of rotatable bonds is 4. The Hall–Kier alpha value is -2.76. The van der Waals surface area contributed by atoms with Crippen LogP contribution in [0.5, 0.6) is 0 Å². The molecule has 25 heavy (non-hydrogen) atoms. The molecule has 1 amide bonds. The molecule has 0 aliphatic heterocycles. The van der Waals surface area contributed by atoms with Gasteiger partial charge in [-0.3, -0.25) is 14.7 Å². The van der Waals surface area contributed by atoms with Crippen molar-refractivity contribution in [2.75, 3.05) is 5.32 Å². The molecule has 1 aliphatic rings. The first-order chi connectivity index (χ1) is 12.1. The molecule has 0 saturated heterocycles. The minimum absolute atomic E-state index is 0.167. The van der Waals surface area contributed by atoms with Gasteiger partial charge in [0.15, 0.2) is 5.65 Å². The van der Waals surface area contributed by atoms with Crippen molar-refractivity contribution in [3.63, 3.8) is 0 Å². The van der Waals surface area contributed by atoms with Crippen LogP contribution in [0.3, 0.4) is 0 Å². The van der Waals surface area contributed by atoms with E-state index in [1.165, 1.54) is 18.6 Å². The van der Waals surface area contributed by atoms with Crippen molar-refractivity contribution >= 4 is 23.0 Å². The van der Waals surface area contributed by atoms with Crippen molar-refractivity contribution in [2.24, 2.45) is 0 Å². The molecule has 6 heteroatoms. The lowest BCUT2D eigenvalue weighted by atomic mass is 9.93. The van der Waals surface area contributed by atoms with Crippen LogP contribution in [-0.4, -0.2) is 20.4 Å². The van der Waals surface area contributed by atoms with Gasteiger partial charge in [-0.05, 0) is 56.0 Å². The largest absolute Gasteiger partial charge is 0.296 e. The van der Waals surface area contributed by atoms with Crippen LogP contribution in [0.4, 0.5) is 10.3 Å². The maximum Gasteiger partial charge on any atom is 0.231 e. The van der Waals surface area contributed by atoms with E-state index in [0.717, 1.165) is 35.3 Å². The summed E-state index contributed by atoms with van der Waals surface area (Å²) in [5.74, 6) is 0.0708. The highest BCUT2D eigenvalue weighted by molar-refractivity contribution is 5.92. The highest BCUT2D eigenvalue weighted by Crippen LogP contribution is 2.36. The molecule has 2 heterocycles. The summed E-state index contributed by atoms with van der Waals surface area (Å²) >= 11 is 0. The fraction of sp³-hybridized carbons (Fsp3) is 0.316. The van der Waals surface area contributed by atoms with E-state index in [2.05, 4.69) is 15.3 Å². The molecular weight excluding hydrogens is 319 g/mol. The third kappa shape index (κ3) is 3.12. The van der Waals surface area contributed by atoms with Crippen LogP contribution in [0.15, 0.2) is 36.4 Å². The number of pyridine rings is 1. The van der Waals surface area contributed by atoms with Gasteiger partial charge >= 0.3 is 0 Å². The maximum absolute atomic E-state index is 13.0. The molecule has 3 aromatic rings. The van der Waals surface area contributed by atoms with Gasteiger partial charge in [0.05, 0.1) is 6.42 Å². The molecule has 128 valence electrons. The van der Waals surface area contributed by atoms with Crippen LogP contribution in [-0.2, 0) is 11.2 Å². The maximum atomic E-state index is 13.0. The Labute approximate surface area is 144 Å². The minimum atomic E-state index is -0.308. The second-order valence-electron chi connectivity index (χ2n) is 6.54. The van der Waals surface area contributed by atoms with E-state index in [-0.39, 0.29) is 18.1 Å². The third-order valence-electron chi connectivity index (χ3n) is 4.65. The van der Waals surface area contributed by atoms with Crippen LogP contribution < -0.4 is 5.32 Å². The lowest BCUT2D eigenvalue weighted by Crippen LogP contribution is -2.23. The standard InChI is InChI=1S/C19H19FN4O/c1-12-5-10-16-18(21-12)24(15-3-2-4-15)19(22-16)23-17(25)11-13-6-8-14(20)9-7-13/h5-10,15H,2-4,11H2,1H3,(H,22,23,25). The number of aromatic nitrogens is 3. The Bertz CT molecular complexity index is 928. The molecule has 1 aliphatic carbocycles. The van der Waals surface area contributed by atoms with E-state index in [9.17, 15) is 9.18 Å². The molecule has 0 radical (unpaired) electrons. The van der Waals surface area contributed by atoms with Gasteiger partial charge in [-0.2, -0.15) is 0 Å². The zero-order chi connectivity index (χ0) is 17.4. The number of anilines is 1. The van der Waals surface area contributed by atoms with Gasteiger partial charge in [-0.15, -0.1) is 0 Å². The number of carbonyl (C=O) groups is 1. The van der Waals surface area contributed by atoms with E-state index < -0.39 is 0 Å². The van der Waals surface area contributed by atoms with Crippen molar-refractivity contribution in [1.29, 1.82) is 0 Å². The molecule has 1 fully saturated rings. The number of carbonyl (C=O) groups excluding carboxylic acids is 1. The van der Waals surface area contributed by atoms with Crippen LogP contribution in [0.1, 0.15) is 36.6 Å². The second-order valence-corrected chi connectivity index (χ2v) is 6.54. The Balaban J connectivity index is 1.61. The van der Waals surface area contributed by atoms with Crippen LogP contribution in [0.25, 0.3) is 11.2 Å². The summed E-state index contributed by atoms with van der Waals surface area (Å²) in [7, 11) is 0. The Morgan fingerprint density at radius 3 is 2.64 bits per heavy atom. The smallest absolute Gasteiger partial charge is 0.231 e. The van der Waals surface area contributed by atoms with Gasteiger partial charge < -0.3 is 0 Å². The van der Waals surface area contributed by atoms with Gasteiger partial charge in [0.1, 0.15) is 11.3 Å². The predicted octanol–water partition coefficient (Wildman–Crippen LogP) is 3.79. The van der Waals surface area contributed by atoms with Crippen molar-refractivity contribution in [3.8, 4) is 0 Å². The van der Waals surface area contributed by atoms with E-state index in [0.29, 0.717) is 12.0 Å². The predicted molar refractivity (Wildman–Crippen MR) is 93.9 cm³/mol. The first-order valence-corrected chi connectivity index (χ1v) is 8.50. The van der Waals surface area contributed by atoms with Crippen molar-refractivity contribution in [2.45, 2.75) is 38.6 Å². The number of imidazole rings is 1. The average Bonchev–Trinajstić information content (AvgIpc) is 2.86. The molecule has 0 atom stereocenters. The summed E-state index contributed by atoms with van der Waals surface area (Å²) in [4.78, 5) is 21.6. The summed E-state index contributed by atoms with van der Waals surface area (Å²) in [6, 6.07) is 10.1. The van der Waals surface area contributed by atoms with Crippen molar-refractivity contribution < 1.29 is 9.18 Å². The molecule has 4 rings (SSSR count). The number of amides is 1.